The molecule has 0 aliphatic heterocycles. The van der Waals surface area contributed by atoms with Gasteiger partial charge in [-0.15, -0.1) is 0 Å². The molecule has 0 spiro atoms. The van der Waals surface area contributed by atoms with Gasteiger partial charge in [-0.3, -0.25) is 0 Å². The molecule has 0 fully saturated rings. The summed E-state index contributed by atoms with van der Waals surface area (Å²) >= 11 is 0. The van der Waals surface area contributed by atoms with Crippen LogP contribution < -0.4 is 0 Å². The Morgan fingerprint density at radius 2 is 0.622 bits per heavy atom. The Morgan fingerprint density at radius 3 is 1.12 bits per heavy atom. The minimum Gasteiger partial charge on any atom is -0.346 e. The first-order valence-corrected chi connectivity index (χ1v) is 34.6. The second-order valence-corrected chi connectivity index (χ2v) is 25.4. The lowest BCUT2D eigenvalue weighted by atomic mass is 10.1. The van der Waals surface area contributed by atoms with Gasteiger partial charge in [0.15, 0.2) is 0 Å². The van der Waals surface area contributed by atoms with E-state index in [0.29, 0.717) is 0 Å². The molecule has 16 aromatic rings. The van der Waals surface area contributed by atoms with Crippen molar-refractivity contribution in [2.75, 3.05) is 0 Å². The number of H-pyrrole nitrogens is 4. The predicted octanol–water partition coefficient (Wildman–Crippen LogP) is 18.9. The fourth-order valence-corrected chi connectivity index (χ4v) is 12.0. The van der Waals surface area contributed by atoms with E-state index < -0.39 is 0 Å². The third-order valence-corrected chi connectivity index (χ3v) is 17.9. The van der Waals surface area contributed by atoms with Crippen molar-refractivity contribution in [3.05, 3.63) is 238 Å². The van der Waals surface area contributed by atoms with Crippen LogP contribution in [0.1, 0.15) is 133 Å². The standard InChI is InChI=1S/C12H16N2.3C11H14N2.2C10H12N2.C9H10N2.C8H8N2/c1-4-9-6-11-10(5-2)8-14(3)12(11)13-7-9;1-4-9-5-10-8(2)7-13(3)11(10)12-6-9;1-4-9-7-13(3)11-10(9)5-8(2)6-12-11;1-3-8-5-10-9(4-2)7-13-11(10)12-6-8;1-7-4-9-8(2)6-12(3)10(9)11-5-7;1-3-8-4-9-7(2)5-11-10(9)12-6-8;1-2-7-5-8-3-4-10-9(8)11-6-7;1-6-4-7-2-3-9-8(7)10-5-6/h6-8H,4-5H2,1-3H3;2*5-7H,4H2,1-3H3;5-7H,3-4H2,1-2H3,(H,12,13);4-6H,1-3H3;4-6H,3H2,1-2H3,(H,11,12);3-6H,2H2,1H3,(H,10,11);2-5H,1H3,(H,9,10). The van der Waals surface area contributed by atoms with E-state index in [2.05, 4.69) is 255 Å². The molecular weight excluding hydrogens is 1210 g/mol. The second kappa shape index (κ2) is 33.5. The van der Waals surface area contributed by atoms with E-state index >= 15 is 0 Å². The van der Waals surface area contributed by atoms with Crippen molar-refractivity contribution < 1.29 is 0 Å². The summed E-state index contributed by atoms with van der Waals surface area (Å²) in [6.07, 6.45) is 40.3. The zero-order valence-electron chi connectivity index (χ0n) is 61.0. The van der Waals surface area contributed by atoms with Crippen LogP contribution in [-0.4, -0.2) is 78.1 Å². The van der Waals surface area contributed by atoms with E-state index in [1.54, 1.807) is 0 Å². The zero-order valence-corrected chi connectivity index (χ0v) is 61.0. The van der Waals surface area contributed by atoms with E-state index in [0.717, 1.165) is 96.5 Å². The monoisotopic (exact) mass is 1310 g/mol. The Bertz CT molecular complexity index is 5240. The molecule has 0 aliphatic rings. The van der Waals surface area contributed by atoms with Gasteiger partial charge in [0.05, 0.1) is 0 Å². The first kappa shape index (κ1) is 71.8. The van der Waals surface area contributed by atoms with E-state index in [-0.39, 0.29) is 0 Å². The molecule has 0 radical (unpaired) electrons. The van der Waals surface area contributed by atoms with Gasteiger partial charge in [-0.1, -0.05) is 55.4 Å². The fourth-order valence-electron chi connectivity index (χ4n) is 12.0. The normalized spacial score (nSPS) is 10.9. The van der Waals surface area contributed by atoms with Gasteiger partial charge in [-0.05, 0) is 231 Å². The van der Waals surface area contributed by atoms with Gasteiger partial charge in [0.25, 0.3) is 0 Å². The van der Waals surface area contributed by atoms with Crippen molar-refractivity contribution in [1.29, 1.82) is 0 Å². The number of nitrogens with zero attached hydrogens (tertiary/aromatic N) is 12. The van der Waals surface area contributed by atoms with Gasteiger partial charge in [0.2, 0.25) is 0 Å². The number of hydrogen-bond donors (Lipinski definition) is 4. The lowest BCUT2D eigenvalue weighted by Gasteiger charge is -1.98. The van der Waals surface area contributed by atoms with E-state index in [1.165, 1.54) is 121 Å². The van der Waals surface area contributed by atoms with Gasteiger partial charge in [-0.25, -0.2) is 39.9 Å². The Morgan fingerprint density at radius 1 is 0.286 bits per heavy atom. The van der Waals surface area contributed by atoms with Gasteiger partial charge in [-0.2, -0.15) is 0 Å². The highest BCUT2D eigenvalue weighted by Crippen LogP contribution is 2.25. The molecule has 0 aliphatic carbocycles. The number of nitrogens with one attached hydrogen (secondary N) is 4. The molecule has 16 heteroatoms. The first-order chi connectivity index (χ1) is 47.3. The van der Waals surface area contributed by atoms with Crippen molar-refractivity contribution in [1.82, 2.24) is 78.1 Å². The molecule has 0 saturated heterocycles. The SMILES string of the molecule is CCc1cn(C)c2ncc(C)cc12.CCc1cnc2[nH]cc(C)c2c1.CCc1cnc2[nH]cc(CC)c2c1.CCc1cnc2[nH]ccc2c1.CCc1cnc2c(c1)c(C)cn2C.CCc1cnc2c(c1)c(CC)cn2C.Cc1cnc2[nH]ccc2c1.Cc1cnc2c(c1)c(C)cn2C. The summed E-state index contributed by atoms with van der Waals surface area (Å²) in [5.74, 6) is 0. The minimum atomic E-state index is 0.964. The Hall–Kier alpha value is -10.5. The number of aromatic nitrogens is 16. The van der Waals surface area contributed by atoms with Crippen LogP contribution in [0, 0.1) is 41.5 Å². The third-order valence-electron chi connectivity index (χ3n) is 17.9. The van der Waals surface area contributed by atoms with Crippen molar-refractivity contribution in [3.8, 4) is 0 Å². The predicted molar refractivity (Wildman–Crippen MR) is 411 cm³/mol. The summed E-state index contributed by atoms with van der Waals surface area (Å²) in [4.78, 5) is 47.2. The molecule has 0 saturated carbocycles. The fraction of sp³-hybridized carbons (Fsp3) is 0.317. The van der Waals surface area contributed by atoms with Gasteiger partial charge in [0, 0.05) is 170 Å². The first-order valence-electron chi connectivity index (χ1n) is 34.6. The molecule has 16 rings (SSSR count). The summed E-state index contributed by atoms with van der Waals surface area (Å²) in [6.45, 7) is 29.8. The van der Waals surface area contributed by atoms with E-state index in [9.17, 15) is 0 Å². The molecule has 0 amide bonds. The molecule has 0 unspecified atom stereocenters. The number of pyridine rings is 8. The van der Waals surface area contributed by atoms with Crippen LogP contribution in [0.25, 0.3) is 88.3 Å². The van der Waals surface area contributed by atoms with Crippen LogP contribution >= 0.6 is 0 Å². The Kier molecular flexibility index (Phi) is 24.5. The summed E-state index contributed by atoms with van der Waals surface area (Å²) in [6, 6.07) is 21.7. The molecule has 0 aromatic carbocycles. The van der Waals surface area contributed by atoms with Crippen LogP contribution in [0.3, 0.4) is 0 Å². The zero-order chi connectivity index (χ0) is 70.2. The van der Waals surface area contributed by atoms with Crippen LogP contribution in [0.2, 0.25) is 0 Å². The molecule has 16 nitrogen and oxygen atoms in total. The second-order valence-electron chi connectivity index (χ2n) is 25.4. The number of hydrogen-bond acceptors (Lipinski definition) is 8. The van der Waals surface area contributed by atoms with E-state index in [1.807, 2.05) is 108 Å². The van der Waals surface area contributed by atoms with Crippen LogP contribution in [0.4, 0.5) is 0 Å². The van der Waals surface area contributed by atoms with Crippen molar-refractivity contribution in [2.45, 2.75) is 148 Å². The number of aryl methyl sites for hydroxylation is 18. The summed E-state index contributed by atoms with van der Waals surface area (Å²) in [7, 11) is 8.16. The molecule has 0 bridgehead atoms. The smallest absolute Gasteiger partial charge is 0.139 e. The Balaban J connectivity index is 0.000000131. The average molecular weight is 1310 g/mol. The van der Waals surface area contributed by atoms with E-state index in [4.69, 9.17) is 0 Å². The lowest BCUT2D eigenvalue weighted by molar-refractivity contribution is 0.935. The summed E-state index contributed by atoms with van der Waals surface area (Å²) < 4.78 is 8.33. The maximum absolute atomic E-state index is 4.48. The molecule has 4 N–H and O–H groups in total. The average Bonchev–Trinajstić information content (AvgIpc) is 1.71. The summed E-state index contributed by atoms with van der Waals surface area (Å²) in [5, 5.41) is 10.1. The maximum Gasteiger partial charge on any atom is 0.139 e. The van der Waals surface area contributed by atoms with Gasteiger partial charge in [0.1, 0.15) is 45.2 Å². The highest BCUT2D eigenvalue weighted by atomic mass is 15.0. The number of aromatic amines is 4. The molecule has 98 heavy (non-hydrogen) atoms. The number of fused-ring (bicyclic) bond motifs is 8. The highest BCUT2D eigenvalue weighted by Gasteiger charge is 2.10. The molecule has 0 atom stereocenters. The highest BCUT2D eigenvalue weighted by molar-refractivity contribution is 5.85. The quantitative estimate of drug-likeness (QED) is 0.116. The third kappa shape index (κ3) is 17.4. The van der Waals surface area contributed by atoms with Crippen molar-refractivity contribution in [3.63, 3.8) is 0 Å². The molecule has 16 heterocycles. The maximum atomic E-state index is 4.48. The Labute approximate surface area is 577 Å². The van der Waals surface area contributed by atoms with Gasteiger partial charge < -0.3 is 38.2 Å². The van der Waals surface area contributed by atoms with Crippen LogP contribution in [0.5, 0.6) is 0 Å². The van der Waals surface area contributed by atoms with Gasteiger partial charge >= 0.3 is 0 Å². The minimum absolute atomic E-state index is 0.964. The molecule has 16 aromatic heterocycles. The van der Waals surface area contributed by atoms with Crippen molar-refractivity contribution >= 4 is 88.3 Å². The van der Waals surface area contributed by atoms with Crippen molar-refractivity contribution in [2.24, 2.45) is 28.2 Å². The lowest BCUT2D eigenvalue weighted by Crippen LogP contribution is -1.89. The molecular formula is C82H100N16. The largest absolute Gasteiger partial charge is 0.346 e. The van der Waals surface area contributed by atoms with Crippen LogP contribution in [0.15, 0.2) is 160 Å². The number of rotatable bonds is 8. The summed E-state index contributed by atoms with van der Waals surface area (Å²) in [5.41, 5.74) is 26.4. The van der Waals surface area contributed by atoms with Crippen LogP contribution in [-0.2, 0) is 79.6 Å². The topological polar surface area (TPSA) is 186 Å². The molecule has 508 valence electrons.